The monoisotopic (exact) mass is 309 g/mol. The molecule has 116 valence electrons. The number of hydrogen-bond donors (Lipinski definition) is 1. The fourth-order valence-electron chi connectivity index (χ4n) is 2.39. The Balaban J connectivity index is 1.87. The highest BCUT2D eigenvalue weighted by atomic mass is 35.5. The lowest BCUT2D eigenvalue weighted by molar-refractivity contribution is -0.115. The first-order valence-electron chi connectivity index (χ1n) is 7.53. The zero-order chi connectivity index (χ0) is 15.2. The van der Waals surface area contributed by atoms with Crippen LogP contribution in [0.25, 0.3) is 0 Å². The third-order valence-corrected chi connectivity index (χ3v) is 4.28. The number of carbonyl (C=O) groups is 1. The van der Waals surface area contributed by atoms with E-state index in [9.17, 15) is 4.79 Å². The number of carbonyl (C=O) groups excluding carboxylic acids is 1. The summed E-state index contributed by atoms with van der Waals surface area (Å²) < 4.78 is 0. The molecule has 1 amide bonds. The fraction of sp³-hybridized carbons (Fsp3) is 0.562. The molecule has 0 saturated carbocycles. The van der Waals surface area contributed by atoms with Gasteiger partial charge in [0.2, 0.25) is 5.91 Å². The average Bonchev–Trinajstić information content (AvgIpc) is 2.50. The summed E-state index contributed by atoms with van der Waals surface area (Å²) in [7, 11) is 2.15. The van der Waals surface area contributed by atoms with E-state index in [2.05, 4.69) is 22.2 Å². The number of likely N-dealkylation sites (N-methyl/N-ethyl adjacent to an activating group) is 1. The Kier molecular flexibility index (Phi) is 6.03. The number of piperazine rings is 1. The van der Waals surface area contributed by atoms with Crippen molar-refractivity contribution in [3.05, 3.63) is 29.8 Å². The van der Waals surface area contributed by atoms with E-state index in [1.165, 1.54) is 0 Å². The molecule has 1 aromatic carbocycles. The molecule has 1 aliphatic rings. The minimum absolute atomic E-state index is 0.00988. The zero-order valence-corrected chi connectivity index (χ0v) is 13.6. The van der Waals surface area contributed by atoms with Crippen LogP contribution >= 0.6 is 11.6 Å². The van der Waals surface area contributed by atoms with Gasteiger partial charge in [-0.25, -0.2) is 0 Å². The van der Waals surface area contributed by atoms with Crippen molar-refractivity contribution < 1.29 is 4.79 Å². The topological polar surface area (TPSA) is 35.6 Å². The summed E-state index contributed by atoms with van der Waals surface area (Å²) in [5.74, 6) is 0.0302. The first-order valence-corrected chi connectivity index (χ1v) is 7.97. The van der Waals surface area contributed by atoms with Gasteiger partial charge in [0.15, 0.2) is 0 Å². The number of rotatable bonds is 5. The Labute approximate surface area is 132 Å². The second kappa shape index (κ2) is 7.78. The van der Waals surface area contributed by atoms with Gasteiger partial charge in [0.1, 0.15) is 0 Å². The van der Waals surface area contributed by atoms with Gasteiger partial charge < -0.3 is 10.2 Å². The highest BCUT2D eigenvalue weighted by Crippen LogP contribution is 2.23. The maximum Gasteiger partial charge on any atom is 0.224 e. The highest BCUT2D eigenvalue weighted by molar-refractivity contribution is 6.21. The summed E-state index contributed by atoms with van der Waals surface area (Å²) in [6.07, 6.45) is 0.489. The van der Waals surface area contributed by atoms with Gasteiger partial charge in [0.25, 0.3) is 0 Å². The fourth-order valence-corrected chi connectivity index (χ4v) is 2.73. The minimum Gasteiger partial charge on any atom is -0.326 e. The molecule has 1 saturated heterocycles. The lowest BCUT2D eigenvalue weighted by Crippen LogP contribution is -2.45. The first kappa shape index (κ1) is 16.3. The molecule has 0 bridgehead atoms. The Morgan fingerprint density at radius 3 is 2.43 bits per heavy atom. The van der Waals surface area contributed by atoms with E-state index >= 15 is 0 Å². The van der Waals surface area contributed by atoms with Crippen molar-refractivity contribution in [3.8, 4) is 0 Å². The van der Waals surface area contributed by atoms with E-state index in [4.69, 9.17) is 11.6 Å². The van der Waals surface area contributed by atoms with Crippen molar-refractivity contribution in [3.63, 3.8) is 0 Å². The maximum absolute atomic E-state index is 11.3. The number of hydrogen-bond acceptors (Lipinski definition) is 3. The van der Waals surface area contributed by atoms with Crippen LogP contribution in [-0.2, 0) is 4.79 Å². The van der Waals surface area contributed by atoms with Crippen LogP contribution in [0, 0.1) is 0 Å². The molecule has 0 spiro atoms. The predicted molar refractivity (Wildman–Crippen MR) is 87.9 cm³/mol. The van der Waals surface area contributed by atoms with Gasteiger partial charge in [-0.2, -0.15) is 0 Å². The zero-order valence-electron chi connectivity index (χ0n) is 12.8. The van der Waals surface area contributed by atoms with Crippen molar-refractivity contribution >= 4 is 23.2 Å². The number of anilines is 1. The van der Waals surface area contributed by atoms with E-state index in [0.717, 1.165) is 44.0 Å². The molecule has 5 heteroatoms. The number of nitrogens with one attached hydrogen (secondary N) is 1. The van der Waals surface area contributed by atoms with E-state index in [-0.39, 0.29) is 11.3 Å². The van der Waals surface area contributed by atoms with E-state index in [1.54, 1.807) is 0 Å². The summed E-state index contributed by atoms with van der Waals surface area (Å²) in [6.45, 7) is 7.07. The Hall–Kier alpha value is -1.10. The van der Waals surface area contributed by atoms with Gasteiger partial charge >= 0.3 is 0 Å². The van der Waals surface area contributed by atoms with E-state index in [1.807, 2.05) is 31.2 Å². The van der Waals surface area contributed by atoms with Crippen LogP contribution in [-0.4, -0.2) is 55.5 Å². The first-order chi connectivity index (χ1) is 10.1. The van der Waals surface area contributed by atoms with Crippen LogP contribution in [0.1, 0.15) is 24.3 Å². The molecule has 1 N–H and O–H groups in total. The molecule has 1 aromatic rings. The van der Waals surface area contributed by atoms with Gasteiger partial charge in [-0.3, -0.25) is 9.69 Å². The van der Waals surface area contributed by atoms with Crippen molar-refractivity contribution in [1.29, 1.82) is 0 Å². The summed E-state index contributed by atoms with van der Waals surface area (Å²) >= 11 is 6.52. The molecule has 21 heavy (non-hydrogen) atoms. The molecule has 0 radical (unpaired) electrons. The average molecular weight is 310 g/mol. The number of halogens is 1. The lowest BCUT2D eigenvalue weighted by Gasteiger charge is -2.33. The smallest absolute Gasteiger partial charge is 0.224 e. The van der Waals surface area contributed by atoms with Crippen LogP contribution in [0.5, 0.6) is 0 Å². The van der Waals surface area contributed by atoms with Crippen molar-refractivity contribution in [2.24, 2.45) is 0 Å². The Bertz CT molecular complexity index is 455. The summed E-state index contributed by atoms with van der Waals surface area (Å²) in [5.41, 5.74) is 1.93. The maximum atomic E-state index is 11.3. The van der Waals surface area contributed by atoms with E-state index < -0.39 is 0 Å². The second-order valence-corrected chi connectivity index (χ2v) is 6.12. The SMILES string of the molecule is CCC(=O)Nc1ccc(C(Cl)CN2CCN(C)CC2)cc1. The predicted octanol–water partition coefficient (Wildman–Crippen LogP) is 2.56. The Morgan fingerprint density at radius 2 is 1.86 bits per heavy atom. The number of benzene rings is 1. The van der Waals surface area contributed by atoms with Crippen LogP contribution in [0.2, 0.25) is 0 Å². The molecule has 1 atom stereocenters. The second-order valence-electron chi connectivity index (χ2n) is 5.60. The third kappa shape index (κ3) is 4.99. The molecule has 0 aliphatic carbocycles. The lowest BCUT2D eigenvalue weighted by atomic mass is 10.1. The van der Waals surface area contributed by atoms with Crippen molar-refractivity contribution in [2.75, 3.05) is 45.1 Å². The van der Waals surface area contributed by atoms with E-state index in [0.29, 0.717) is 6.42 Å². The standard InChI is InChI=1S/C16H24ClN3O/c1-3-16(21)18-14-6-4-13(5-7-14)15(17)12-20-10-8-19(2)9-11-20/h4-7,15H,3,8-12H2,1-2H3,(H,18,21). The molecular formula is C16H24ClN3O. The molecule has 4 nitrogen and oxygen atoms in total. The largest absolute Gasteiger partial charge is 0.326 e. The van der Waals surface area contributed by atoms with Crippen molar-refractivity contribution in [2.45, 2.75) is 18.7 Å². The van der Waals surface area contributed by atoms with Crippen LogP contribution in [0.4, 0.5) is 5.69 Å². The number of nitrogens with zero attached hydrogens (tertiary/aromatic N) is 2. The van der Waals surface area contributed by atoms with Gasteiger partial charge in [-0.1, -0.05) is 19.1 Å². The number of amides is 1. The molecular weight excluding hydrogens is 286 g/mol. The van der Waals surface area contributed by atoms with Gasteiger partial charge in [0, 0.05) is 44.8 Å². The molecule has 0 aromatic heterocycles. The van der Waals surface area contributed by atoms with Crippen LogP contribution in [0.3, 0.4) is 0 Å². The van der Waals surface area contributed by atoms with Crippen LogP contribution in [0.15, 0.2) is 24.3 Å². The summed E-state index contributed by atoms with van der Waals surface area (Å²) in [5, 5.41) is 2.84. The normalized spacial score (nSPS) is 18.4. The van der Waals surface area contributed by atoms with Gasteiger partial charge in [0.05, 0.1) is 5.38 Å². The minimum atomic E-state index is -0.00988. The molecule has 1 unspecified atom stereocenters. The molecule has 1 fully saturated rings. The van der Waals surface area contributed by atoms with Gasteiger partial charge in [-0.05, 0) is 24.7 Å². The third-order valence-electron chi connectivity index (χ3n) is 3.89. The van der Waals surface area contributed by atoms with Crippen LogP contribution < -0.4 is 5.32 Å². The highest BCUT2D eigenvalue weighted by Gasteiger charge is 2.18. The number of alkyl halides is 1. The van der Waals surface area contributed by atoms with Crippen molar-refractivity contribution in [1.82, 2.24) is 9.80 Å². The van der Waals surface area contributed by atoms with Gasteiger partial charge in [-0.15, -0.1) is 11.6 Å². The molecule has 1 heterocycles. The summed E-state index contributed by atoms with van der Waals surface area (Å²) in [4.78, 5) is 16.1. The molecule has 1 aliphatic heterocycles. The summed E-state index contributed by atoms with van der Waals surface area (Å²) in [6, 6.07) is 7.84. The quantitative estimate of drug-likeness (QED) is 0.849. The molecule has 2 rings (SSSR count). The Morgan fingerprint density at radius 1 is 1.24 bits per heavy atom.